The fourth-order valence-electron chi connectivity index (χ4n) is 9.95. The zero-order valence-corrected chi connectivity index (χ0v) is 54.4. The van der Waals surface area contributed by atoms with E-state index in [0.717, 1.165) is 89.9 Å². The Hall–Kier alpha value is -2.56. The van der Waals surface area contributed by atoms with Crippen LogP contribution in [0, 0.1) is 0 Å². The Morgan fingerprint density at radius 3 is 0.951 bits per heavy atom. The third-order valence-electron chi connectivity index (χ3n) is 15.2. The molecule has 0 spiro atoms. The highest BCUT2D eigenvalue weighted by molar-refractivity contribution is 7.47. The Bertz CT molecular complexity index is 1560. The fourth-order valence-corrected chi connectivity index (χ4v) is 10.7. The summed E-state index contributed by atoms with van der Waals surface area (Å²) in [5.41, 5.74) is 0. The first-order valence-corrected chi connectivity index (χ1v) is 36.0. The minimum atomic E-state index is -4.76. The van der Waals surface area contributed by atoms with Gasteiger partial charge in [-0.05, 0) is 83.5 Å². The van der Waals surface area contributed by atoms with Gasteiger partial charge in [-0.1, -0.05) is 288 Å². The van der Waals surface area contributed by atoms with E-state index in [1.165, 1.54) is 193 Å². The lowest BCUT2D eigenvalue weighted by Gasteiger charge is -2.21. The van der Waals surface area contributed by atoms with Gasteiger partial charge in [0.15, 0.2) is 6.10 Å². The first-order chi connectivity index (χ1) is 40.2. The summed E-state index contributed by atoms with van der Waals surface area (Å²) < 4.78 is 39.8. The molecule has 3 unspecified atom stereocenters. The van der Waals surface area contributed by atoms with Gasteiger partial charge in [0.25, 0.3) is 0 Å². The number of ether oxygens (including phenoxy) is 3. The quantitative estimate of drug-likeness (QED) is 0.0197. The predicted octanol–water partition coefficient (Wildman–Crippen LogP) is 21.3. The Balaban J connectivity index is 4.66. The van der Waals surface area contributed by atoms with E-state index in [9.17, 15) is 28.9 Å². The van der Waals surface area contributed by atoms with E-state index < -0.39 is 57.8 Å². The van der Waals surface area contributed by atoms with Gasteiger partial charge in [-0.3, -0.25) is 23.4 Å². The predicted molar refractivity (Wildman–Crippen MR) is 344 cm³/mol. The van der Waals surface area contributed by atoms with Gasteiger partial charge in [-0.25, -0.2) is 4.57 Å². The van der Waals surface area contributed by atoms with E-state index in [4.69, 9.17) is 23.3 Å². The molecule has 480 valence electrons. The molecule has 0 amide bonds. The molecule has 0 aromatic rings. The summed E-state index contributed by atoms with van der Waals surface area (Å²) in [5, 5.41) is 9.88. The van der Waals surface area contributed by atoms with Crippen LogP contribution in [0.1, 0.15) is 342 Å². The van der Waals surface area contributed by atoms with Gasteiger partial charge >= 0.3 is 25.7 Å². The zero-order chi connectivity index (χ0) is 59.8. The van der Waals surface area contributed by atoms with Gasteiger partial charge in [-0.15, -0.1) is 0 Å². The highest BCUT2D eigenvalue weighted by Crippen LogP contribution is 2.43. The van der Waals surface area contributed by atoms with Crippen LogP contribution in [-0.2, 0) is 42.2 Å². The molecule has 12 heteroatoms. The Morgan fingerprint density at radius 1 is 0.341 bits per heavy atom. The summed E-state index contributed by atoms with van der Waals surface area (Å²) in [7, 11) is -4.76. The van der Waals surface area contributed by atoms with Gasteiger partial charge in [0.1, 0.15) is 12.7 Å². The molecule has 0 rings (SSSR count). The number of aliphatic hydroxyl groups is 1. The van der Waals surface area contributed by atoms with Gasteiger partial charge in [0, 0.05) is 19.3 Å². The normalized spacial score (nSPS) is 13.5. The molecule has 0 bridgehead atoms. The van der Waals surface area contributed by atoms with E-state index in [0.29, 0.717) is 19.3 Å². The molecule has 82 heavy (non-hydrogen) atoms. The molecule has 0 aromatic heterocycles. The minimum Gasteiger partial charge on any atom is -0.462 e. The molecular formula is C70H129O11P. The SMILES string of the molecule is CCCCC/C=C\C/C=C\C/C=C\CCCCCCCCC(=O)OC(COC(=O)CCCCCCCCCCCCCCCCCCC)COP(=O)(O)OCC(CO)OC(=O)CCCCCCCCCCC/C=C\CCCCCCCC. The number of rotatable bonds is 65. The number of carbonyl (C=O) groups is 3. The Labute approximate surface area is 504 Å². The molecule has 0 saturated carbocycles. The van der Waals surface area contributed by atoms with Gasteiger partial charge < -0.3 is 24.2 Å². The second-order valence-electron chi connectivity index (χ2n) is 23.3. The number of unbranched alkanes of at least 4 members (excludes halogenated alkanes) is 40. The standard InChI is InChI=1S/C70H129O11P/c1-4-7-10-13-16-19-22-25-28-31-33-36-39-42-45-48-51-54-57-60-69(73)80-66(62-71)64-78-82(75,76)79-65-67(63-77-68(72)59-56-53-50-47-44-41-38-35-30-27-24-21-18-15-12-9-6-3)81-70(74)61-58-55-52-49-46-43-40-37-34-32-29-26-23-20-17-14-11-8-5-2/h17,20,25-26,28-29,34,37,66-67,71H,4-16,18-19,21-24,27,30-33,35-36,38-65H2,1-3H3,(H,75,76)/b20-17-,28-25-,29-26-,37-34-. The second-order valence-corrected chi connectivity index (χ2v) is 24.8. The highest BCUT2D eigenvalue weighted by atomic mass is 31.2. The van der Waals surface area contributed by atoms with Gasteiger partial charge in [0.05, 0.1) is 19.8 Å². The summed E-state index contributed by atoms with van der Waals surface area (Å²) in [4.78, 5) is 48.9. The van der Waals surface area contributed by atoms with E-state index in [1.807, 2.05) is 0 Å². The van der Waals surface area contributed by atoms with E-state index in [-0.39, 0.29) is 25.9 Å². The molecule has 0 fully saturated rings. The molecule has 3 atom stereocenters. The monoisotopic (exact) mass is 1180 g/mol. The lowest BCUT2D eigenvalue weighted by Crippen LogP contribution is -2.30. The number of phosphoric ester groups is 1. The van der Waals surface area contributed by atoms with Crippen molar-refractivity contribution in [1.82, 2.24) is 0 Å². The van der Waals surface area contributed by atoms with Gasteiger partial charge in [-0.2, -0.15) is 0 Å². The third-order valence-corrected chi connectivity index (χ3v) is 16.2. The first-order valence-electron chi connectivity index (χ1n) is 34.5. The average Bonchev–Trinajstić information content (AvgIpc) is 3.50. The van der Waals surface area contributed by atoms with Crippen molar-refractivity contribution < 1.29 is 52.2 Å². The molecule has 11 nitrogen and oxygen atoms in total. The average molecular weight is 1180 g/mol. The van der Waals surface area contributed by atoms with Crippen LogP contribution in [0.3, 0.4) is 0 Å². The number of hydrogen-bond acceptors (Lipinski definition) is 10. The van der Waals surface area contributed by atoms with Crippen molar-refractivity contribution >= 4 is 25.7 Å². The molecular weight excluding hydrogens is 1050 g/mol. The van der Waals surface area contributed by atoms with Gasteiger partial charge in [0.2, 0.25) is 0 Å². The molecule has 0 aliphatic heterocycles. The smallest absolute Gasteiger partial charge is 0.462 e. The Kier molecular flexibility index (Phi) is 62.4. The van der Waals surface area contributed by atoms with Crippen LogP contribution in [0.4, 0.5) is 0 Å². The van der Waals surface area contributed by atoms with Crippen molar-refractivity contribution in [2.75, 3.05) is 26.4 Å². The second kappa shape index (κ2) is 64.4. The molecule has 0 saturated heterocycles. The maximum Gasteiger partial charge on any atom is 0.472 e. The maximum absolute atomic E-state index is 13.0. The zero-order valence-electron chi connectivity index (χ0n) is 53.5. The summed E-state index contributed by atoms with van der Waals surface area (Å²) in [6, 6.07) is 0. The number of hydrogen-bond donors (Lipinski definition) is 2. The third kappa shape index (κ3) is 62.0. The van der Waals surface area contributed by atoms with Crippen LogP contribution in [0.25, 0.3) is 0 Å². The number of carbonyl (C=O) groups excluding carboxylic acids is 3. The van der Waals surface area contributed by atoms with E-state index >= 15 is 0 Å². The number of esters is 3. The molecule has 0 heterocycles. The molecule has 0 radical (unpaired) electrons. The fraction of sp³-hybridized carbons (Fsp3) is 0.843. The van der Waals surface area contributed by atoms with Crippen molar-refractivity contribution in [2.24, 2.45) is 0 Å². The van der Waals surface area contributed by atoms with Crippen LogP contribution >= 0.6 is 7.82 Å². The van der Waals surface area contributed by atoms with Crippen LogP contribution in [-0.4, -0.2) is 66.5 Å². The van der Waals surface area contributed by atoms with Crippen LogP contribution < -0.4 is 0 Å². The van der Waals surface area contributed by atoms with Crippen LogP contribution in [0.15, 0.2) is 48.6 Å². The number of phosphoric acid groups is 1. The van der Waals surface area contributed by atoms with Crippen molar-refractivity contribution in [3.05, 3.63) is 48.6 Å². The highest BCUT2D eigenvalue weighted by Gasteiger charge is 2.28. The number of aliphatic hydroxyl groups excluding tert-OH is 1. The van der Waals surface area contributed by atoms with Crippen molar-refractivity contribution in [1.29, 1.82) is 0 Å². The van der Waals surface area contributed by atoms with E-state index in [2.05, 4.69) is 69.4 Å². The molecule has 0 aliphatic rings. The number of allylic oxidation sites excluding steroid dienone is 8. The molecule has 0 aromatic carbocycles. The van der Waals surface area contributed by atoms with Crippen LogP contribution in [0.2, 0.25) is 0 Å². The van der Waals surface area contributed by atoms with E-state index in [1.54, 1.807) is 0 Å². The van der Waals surface area contributed by atoms with Crippen molar-refractivity contribution in [2.45, 2.75) is 354 Å². The largest absolute Gasteiger partial charge is 0.472 e. The van der Waals surface area contributed by atoms with Crippen LogP contribution in [0.5, 0.6) is 0 Å². The Morgan fingerprint density at radius 2 is 0.598 bits per heavy atom. The van der Waals surface area contributed by atoms with Crippen molar-refractivity contribution in [3.63, 3.8) is 0 Å². The summed E-state index contributed by atoms with van der Waals surface area (Å²) >= 11 is 0. The first kappa shape index (κ1) is 79.4. The van der Waals surface area contributed by atoms with Crippen molar-refractivity contribution in [3.8, 4) is 0 Å². The molecule has 2 N–H and O–H groups in total. The maximum atomic E-state index is 13.0. The summed E-state index contributed by atoms with van der Waals surface area (Å²) in [6.07, 6.45) is 72.0. The lowest BCUT2D eigenvalue weighted by atomic mass is 10.0. The summed E-state index contributed by atoms with van der Waals surface area (Å²) in [5.74, 6) is -1.45. The minimum absolute atomic E-state index is 0.156. The topological polar surface area (TPSA) is 155 Å². The summed E-state index contributed by atoms with van der Waals surface area (Å²) in [6.45, 7) is 4.68. The molecule has 0 aliphatic carbocycles. The lowest BCUT2D eigenvalue weighted by molar-refractivity contribution is -0.161.